The Bertz CT molecular complexity index is 661. The molecule has 0 saturated heterocycles. The molecule has 23 heavy (non-hydrogen) atoms. The molecule has 1 atom stereocenters. The Morgan fingerprint density at radius 1 is 1.22 bits per heavy atom. The highest BCUT2D eigenvalue weighted by molar-refractivity contribution is 5.85. The molecule has 0 saturated carbocycles. The summed E-state index contributed by atoms with van der Waals surface area (Å²) in [5, 5.41) is 6.05. The van der Waals surface area contributed by atoms with Crippen molar-refractivity contribution in [2.24, 2.45) is 0 Å². The molecule has 2 N–H and O–H groups in total. The fourth-order valence-electron chi connectivity index (χ4n) is 2.23. The molecule has 1 amide bonds. The van der Waals surface area contributed by atoms with Gasteiger partial charge in [0.25, 0.3) is 0 Å². The van der Waals surface area contributed by atoms with Crippen LogP contribution in [0.1, 0.15) is 12.5 Å². The zero-order valence-electron chi connectivity index (χ0n) is 13.5. The van der Waals surface area contributed by atoms with Crippen molar-refractivity contribution in [3.8, 4) is 5.88 Å². The minimum Gasteiger partial charge on any atom is -0.481 e. The van der Waals surface area contributed by atoms with E-state index >= 15 is 0 Å². The van der Waals surface area contributed by atoms with Crippen molar-refractivity contribution in [2.75, 3.05) is 24.9 Å². The number of rotatable bonds is 6. The summed E-state index contributed by atoms with van der Waals surface area (Å²) < 4.78 is 9.72. The van der Waals surface area contributed by atoms with Crippen molar-refractivity contribution in [3.63, 3.8) is 0 Å². The highest BCUT2D eigenvalue weighted by Crippen LogP contribution is 2.18. The third-order valence-corrected chi connectivity index (χ3v) is 3.26. The summed E-state index contributed by atoms with van der Waals surface area (Å²) in [7, 11) is 2.94. The number of nitrogens with zero attached hydrogens (tertiary/aromatic N) is 1. The van der Waals surface area contributed by atoms with E-state index in [2.05, 4.69) is 27.3 Å². The van der Waals surface area contributed by atoms with Gasteiger partial charge in [-0.2, -0.15) is 0 Å². The molecule has 6 heteroatoms. The third-order valence-electron chi connectivity index (χ3n) is 3.26. The summed E-state index contributed by atoms with van der Waals surface area (Å²) in [5.41, 5.74) is 2.74. The van der Waals surface area contributed by atoms with Crippen LogP contribution in [0.2, 0.25) is 0 Å². The summed E-state index contributed by atoms with van der Waals surface area (Å²) in [5.74, 6) is 0.610. The molecule has 0 aliphatic rings. The maximum atomic E-state index is 11.2. The van der Waals surface area contributed by atoms with Gasteiger partial charge in [-0.05, 0) is 43.2 Å². The number of nitrogens with one attached hydrogen (secondary N) is 2. The Kier molecular flexibility index (Phi) is 5.80. The number of ether oxygens (including phenoxy) is 2. The van der Waals surface area contributed by atoms with E-state index in [1.165, 1.54) is 7.11 Å². The number of hydrogen-bond acceptors (Lipinski definition) is 5. The molecular weight excluding hydrogens is 294 g/mol. The van der Waals surface area contributed by atoms with E-state index in [1.807, 2.05) is 30.3 Å². The molecule has 0 aliphatic carbocycles. The van der Waals surface area contributed by atoms with Crippen LogP contribution in [0, 0.1) is 0 Å². The standard InChI is InChI=1S/C17H21N3O3/c1-12(9-13-7-8-18-16(10-13)22-2)19-14-5-4-6-15(11-14)20-17(21)23-3/h4-8,10-12,19H,9H2,1-3H3,(H,20,21). The predicted octanol–water partition coefficient (Wildman–Crippen LogP) is 3.31. The number of carbonyl (C=O) groups excluding carboxylic acids is 1. The first-order chi connectivity index (χ1) is 11.1. The summed E-state index contributed by atoms with van der Waals surface area (Å²) >= 11 is 0. The van der Waals surface area contributed by atoms with Crippen LogP contribution in [0.4, 0.5) is 16.2 Å². The highest BCUT2D eigenvalue weighted by atomic mass is 16.5. The molecule has 0 spiro atoms. The summed E-state index contributed by atoms with van der Waals surface area (Å²) in [6.07, 6.45) is 2.08. The van der Waals surface area contributed by atoms with E-state index in [1.54, 1.807) is 19.4 Å². The molecule has 122 valence electrons. The monoisotopic (exact) mass is 315 g/mol. The number of aromatic nitrogens is 1. The largest absolute Gasteiger partial charge is 0.481 e. The van der Waals surface area contributed by atoms with E-state index in [0.717, 1.165) is 17.7 Å². The van der Waals surface area contributed by atoms with Crippen LogP contribution < -0.4 is 15.4 Å². The number of carbonyl (C=O) groups is 1. The van der Waals surface area contributed by atoms with Gasteiger partial charge in [0.15, 0.2) is 0 Å². The molecule has 2 aromatic rings. The van der Waals surface area contributed by atoms with Gasteiger partial charge in [-0.3, -0.25) is 5.32 Å². The Morgan fingerprint density at radius 2 is 2.00 bits per heavy atom. The molecule has 0 fully saturated rings. The van der Waals surface area contributed by atoms with Crippen LogP contribution in [-0.4, -0.2) is 31.3 Å². The molecule has 1 aromatic heterocycles. The van der Waals surface area contributed by atoms with E-state index in [0.29, 0.717) is 11.6 Å². The van der Waals surface area contributed by atoms with Gasteiger partial charge in [0.1, 0.15) is 0 Å². The summed E-state index contributed by atoms with van der Waals surface area (Å²) in [6.45, 7) is 2.09. The van der Waals surface area contributed by atoms with Gasteiger partial charge in [-0.1, -0.05) is 6.07 Å². The van der Waals surface area contributed by atoms with Gasteiger partial charge < -0.3 is 14.8 Å². The Balaban J connectivity index is 1.98. The van der Waals surface area contributed by atoms with Crippen molar-refractivity contribution < 1.29 is 14.3 Å². The fraction of sp³-hybridized carbons (Fsp3) is 0.294. The van der Waals surface area contributed by atoms with Gasteiger partial charge in [-0.25, -0.2) is 9.78 Å². The lowest BCUT2D eigenvalue weighted by Crippen LogP contribution is -2.18. The van der Waals surface area contributed by atoms with Crippen molar-refractivity contribution in [1.82, 2.24) is 4.98 Å². The van der Waals surface area contributed by atoms with Crippen LogP contribution in [0.3, 0.4) is 0 Å². The highest BCUT2D eigenvalue weighted by Gasteiger charge is 2.07. The second-order valence-electron chi connectivity index (χ2n) is 5.15. The minimum absolute atomic E-state index is 0.204. The van der Waals surface area contributed by atoms with Crippen molar-refractivity contribution in [2.45, 2.75) is 19.4 Å². The average Bonchev–Trinajstić information content (AvgIpc) is 2.55. The number of methoxy groups -OCH3 is 2. The first kappa shape index (κ1) is 16.6. The lowest BCUT2D eigenvalue weighted by Gasteiger charge is -2.16. The molecule has 0 aliphatic heterocycles. The van der Waals surface area contributed by atoms with Crippen LogP contribution in [0.15, 0.2) is 42.6 Å². The van der Waals surface area contributed by atoms with Crippen LogP contribution in [0.5, 0.6) is 5.88 Å². The Morgan fingerprint density at radius 3 is 2.74 bits per heavy atom. The molecular formula is C17H21N3O3. The zero-order valence-corrected chi connectivity index (χ0v) is 13.5. The van der Waals surface area contributed by atoms with Gasteiger partial charge in [0, 0.05) is 29.7 Å². The summed E-state index contributed by atoms with van der Waals surface area (Å²) in [6, 6.07) is 11.6. The topological polar surface area (TPSA) is 72.5 Å². The van der Waals surface area contributed by atoms with Gasteiger partial charge in [-0.15, -0.1) is 0 Å². The van der Waals surface area contributed by atoms with Gasteiger partial charge in [0.05, 0.1) is 14.2 Å². The van der Waals surface area contributed by atoms with Crippen molar-refractivity contribution in [3.05, 3.63) is 48.2 Å². The van der Waals surface area contributed by atoms with Crippen LogP contribution in [0.25, 0.3) is 0 Å². The molecule has 2 rings (SSSR count). The average molecular weight is 315 g/mol. The summed E-state index contributed by atoms with van der Waals surface area (Å²) in [4.78, 5) is 15.3. The zero-order chi connectivity index (χ0) is 16.7. The number of amides is 1. The maximum Gasteiger partial charge on any atom is 0.411 e. The predicted molar refractivity (Wildman–Crippen MR) is 90.0 cm³/mol. The van der Waals surface area contributed by atoms with Crippen LogP contribution >= 0.6 is 0 Å². The lowest BCUT2D eigenvalue weighted by atomic mass is 10.1. The molecule has 1 heterocycles. The number of anilines is 2. The van der Waals surface area contributed by atoms with Crippen molar-refractivity contribution in [1.29, 1.82) is 0 Å². The van der Waals surface area contributed by atoms with Gasteiger partial charge in [0.2, 0.25) is 5.88 Å². The molecule has 1 unspecified atom stereocenters. The maximum absolute atomic E-state index is 11.2. The number of hydrogen-bond donors (Lipinski definition) is 2. The fourth-order valence-corrected chi connectivity index (χ4v) is 2.23. The lowest BCUT2D eigenvalue weighted by molar-refractivity contribution is 0.187. The first-order valence-corrected chi connectivity index (χ1v) is 7.31. The van der Waals surface area contributed by atoms with Crippen LogP contribution in [-0.2, 0) is 11.2 Å². The van der Waals surface area contributed by atoms with E-state index in [9.17, 15) is 4.79 Å². The quantitative estimate of drug-likeness (QED) is 0.855. The molecule has 0 radical (unpaired) electrons. The second-order valence-corrected chi connectivity index (χ2v) is 5.15. The van der Waals surface area contributed by atoms with E-state index < -0.39 is 6.09 Å². The third kappa shape index (κ3) is 5.18. The molecule has 0 bridgehead atoms. The Labute approximate surface area is 135 Å². The van der Waals surface area contributed by atoms with E-state index in [-0.39, 0.29) is 6.04 Å². The van der Waals surface area contributed by atoms with Crippen molar-refractivity contribution >= 4 is 17.5 Å². The smallest absolute Gasteiger partial charge is 0.411 e. The van der Waals surface area contributed by atoms with Gasteiger partial charge >= 0.3 is 6.09 Å². The normalized spacial score (nSPS) is 11.4. The first-order valence-electron chi connectivity index (χ1n) is 7.31. The number of pyridine rings is 1. The number of benzene rings is 1. The molecule has 1 aromatic carbocycles. The minimum atomic E-state index is -0.487. The molecule has 6 nitrogen and oxygen atoms in total. The Hall–Kier alpha value is -2.76. The van der Waals surface area contributed by atoms with E-state index in [4.69, 9.17) is 4.74 Å². The second kappa shape index (κ2) is 8.03. The SMILES string of the molecule is COC(=O)Nc1cccc(NC(C)Cc2ccnc(OC)c2)c1.